The van der Waals surface area contributed by atoms with Gasteiger partial charge in [-0.2, -0.15) is 0 Å². The zero-order valence-corrected chi connectivity index (χ0v) is 10.4. The van der Waals surface area contributed by atoms with E-state index in [0.717, 1.165) is 21.8 Å². The molecule has 2 aromatic rings. The Morgan fingerprint density at radius 1 is 1.47 bits per heavy atom. The van der Waals surface area contributed by atoms with Crippen LogP contribution < -0.4 is 0 Å². The highest BCUT2D eigenvalue weighted by Gasteiger charge is 2.12. The number of halogens is 2. The van der Waals surface area contributed by atoms with Gasteiger partial charge in [0.15, 0.2) is 0 Å². The minimum Gasteiger partial charge on any atom is -0.360 e. The molecule has 0 aliphatic heterocycles. The molecule has 1 nitrogen and oxygen atoms in total. The zero-order valence-electron chi connectivity index (χ0n) is 8.77. The van der Waals surface area contributed by atoms with Gasteiger partial charge in [-0.15, -0.1) is 0 Å². The fourth-order valence-electron chi connectivity index (χ4n) is 1.80. The Morgan fingerprint density at radius 2 is 2.20 bits per heavy atom. The molecular weight excluding hydrogens is 257 g/mol. The monoisotopic (exact) mass is 269 g/mol. The second kappa shape index (κ2) is 3.97. The molecule has 1 atom stereocenters. The van der Waals surface area contributed by atoms with Crippen LogP contribution in [-0.4, -0.2) is 4.98 Å². The van der Waals surface area contributed by atoms with E-state index in [2.05, 4.69) is 34.8 Å². The number of hydrogen-bond acceptors (Lipinski definition) is 0. The third kappa shape index (κ3) is 1.81. The average molecular weight is 270 g/mol. The summed E-state index contributed by atoms with van der Waals surface area (Å²) >= 11 is 3.36. The molecule has 0 fully saturated rings. The van der Waals surface area contributed by atoms with Gasteiger partial charge in [0, 0.05) is 16.1 Å². The third-order valence-electron chi connectivity index (χ3n) is 2.88. The summed E-state index contributed by atoms with van der Waals surface area (Å²) in [7, 11) is 0. The molecule has 0 bridgehead atoms. The Morgan fingerprint density at radius 3 is 2.87 bits per heavy atom. The van der Waals surface area contributed by atoms with E-state index in [4.69, 9.17) is 0 Å². The van der Waals surface area contributed by atoms with Crippen LogP contribution in [0, 0.1) is 5.82 Å². The van der Waals surface area contributed by atoms with Crippen LogP contribution in [0.1, 0.15) is 31.7 Å². The fraction of sp³-hybridized carbons (Fsp3) is 0.333. The predicted octanol–water partition coefficient (Wildman–Crippen LogP) is 4.58. The van der Waals surface area contributed by atoms with Gasteiger partial charge >= 0.3 is 0 Å². The maximum Gasteiger partial charge on any atom is 0.125 e. The Hall–Kier alpha value is -0.830. The summed E-state index contributed by atoms with van der Waals surface area (Å²) in [5.41, 5.74) is 2.17. The van der Waals surface area contributed by atoms with Crippen molar-refractivity contribution in [2.45, 2.75) is 26.2 Å². The molecule has 15 heavy (non-hydrogen) atoms. The van der Waals surface area contributed by atoms with Crippen LogP contribution in [0.3, 0.4) is 0 Å². The molecule has 0 saturated heterocycles. The molecule has 0 aliphatic carbocycles. The van der Waals surface area contributed by atoms with Crippen LogP contribution in [0.25, 0.3) is 10.9 Å². The lowest BCUT2D eigenvalue weighted by molar-refractivity contribution is 0.628. The van der Waals surface area contributed by atoms with E-state index in [1.54, 1.807) is 6.07 Å². The normalized spacial score (nSPS) is 13.3. The van der Waals surface area contributed by atoms with Gasteiger partial charge in [0.2, 0.25) is 0 Å². The van der Waals surface area contributed by atoms with Crippen molar-refractivity contribution in [2.24, 2.45) is 0 Å². The largest absolute Gasteiger partial charge is 0.360 e. The molecular formula is C12H13BrFN. The first-order valence-electron chi connectivity index (χ1n) is 5.09. The molecule has 1 aromatic heterocycles. The van der Waals surface area contributed by atoms with Crippen molar-refractivity contribution < 1.29 is 4.39 Å². The van der Waals surface area contributed by atoms with Crippen LogP contribution in [0.2, 0.25) is 0 Å². The molecule has 1 N–H and O–H groups in total. The zero-order chi connectivity index (χ0) is 11.0. The van der Waals surface area contributed by atoms with Gasteiger partial charge < -0.3 is 4.98 Å². The second-order valence-electron chi connectivity index (χ2n) is 3.86. The van der Waals surface area contributed by atoms with Crippen molar-refractivity contribution >= 4 is 26.8 Å². The molecule has 1 heterocycles. The SMILES string of the molecule is CCC(C)c1c[nH]c2c(Br)cc(F)cc12. The number of fused-ring (bicyclic) bond motifs is 1. The Kier molecular flexibility index (Phi) is 2.83. The van der Waals surface area contributed by atoms with Crippen LogP contribution in [0.5, 0.6) is 0 Å². The van der Waals surface area contributed by atoms with E-state index in [0.29, 0.717) is 5.92 Å². The highest BCUT2D eigenvalue weighted by Crippen LogP contribution is 2.32. The van der Waals surface area contributed by atoms with Gasteiger partial charge in [-0.05, 0) is 46.0 Å². The highest BCUT2D eigenvalue weighted by molar-refractivity contribution is 9.10. The number of rotatable bonds is 2. The fourth-order valence-corrected chi connectivity index (χ4v) is 2.35. The minimum atomic E-state index is -0.196. The average Bonchev–Trinajstić information content (AvgIpc) is 2.60. The Balaban J connectivity index is 2.68. The van der Waals surface area contributed by atoms with E-state index in [9.17, 15) is 4.39 Å². The minimum absolute atomic E-state index is 0.196. The third-order valence-corrected chi connectivity index (χ3v) is 3.51. The lowest BCUT2D eigenvalue weighted by atomic mass is 9.98. The van der Waals surface area contributed by atoms with E-state index in [-0.39, 0.29) is 5.82 Å². The summed E-state index contributed by atoms with van der Waals surface area (Å²) in [6.45, 7) is 4.29. The molecule has 0 spiro atoms. The van der Waals surface area contributed by atoms with E-state index >= 15 is 0 Å². The van der Waals surface area contributed by atoms with Crippen molar-refractivity contribution in [1.82, 2.24) is 4.98 Å². The molecule has 2 rings (SSSR count). The molecule has 0 amide bonds. The van der Waals surface area contributed by atoms with Gasteiger partial charge in [-0.3, -0.25) is 0 Å². The maximum absolute atomic E-state index is 13.3. The first-order chi connectivity index (χ1) is 7.13. The van der Waals surface area contributed by atoms with Crippen LogP contribution in [-0.2, 0) is 0 Å². The van der Waals surface area contributed by atoms with Gasteiger partial charge in [0.05, 0.1) is 5.52 Å². The summed E-state index contributed by atoms with van der Waals surface area (Å²) < 4.78 is 14.1. The van der Waals surface area contributed by atoms with Crippen LogP contribution in [0.15, 0.2) is 22.8 Å². The quantitative estimate of drug-likeness (QED) is 0.821. The van der Waals surface area contributed by atoms with Gasteiger partial charge in [-0.1, -0.05) is 13.8 Å². The summed E-state index contributed by atoms with van der Waals surface area (Å²) in [6.07, 6.45) is 3.03. The molecule has 0 radical (unpaired) electrons. The number of benzene rings is 1. The lowest BCUT2D eigenvalue weighted by Crippen LogP contribution is -1.89. The molecule has 80 valence electrons. The van der Waals surface area contributed by atoms with Crippen molar-refractivity contribution in [2.75, 3.05) is 0 Å². The number of H-pyrrole nitrogens is 1. The van der Waals surface area contributed by atoms with Crippen molar-refractivity contribution in [3.05, 3.63) is 34.2 Å². The van der Waals surface area contributed by atoms with Gasteiger partial charge in [0.1, 0.15) is 5.82 Å². The van der Waals surface area contributed by atoms with E-state index in [1.165, 1.54) is 11.6 Å². The number of nitrogens with one attached hydrogen (secondary N) is 1. The summed E-state index contributed by atoms with van der Waals surface area (Å²) in [5, 5.41) is 0.983. The molecule has 0 saturated carbocycles. The standard InChI is InChI=1S/C12H13BrFN/c1-3-7(2)10-6-15-12-9(10)4-8(14)5-11(12)13/h4-7,15H,3H2,1-2H3. The lowest BCUT2D eigenvalue weighted by Gasteiger charge is -2.06. The van der Waals surface area contributed by atoms with Crippen molar-refractivity contribution in [3.63, 3.8) is 0 Å². The number of aromatic amines is 1. The topological polar surface area (TPSA) is 15.8 Å². The van der Waals surface area contributed by atoms with Crippen molar-refractivity contribution in [1.29, 1.82) is 0 Å². The van der Waals surface area contributed by atoms with Gasteiger partial charge in [-0.25, -0.2) is 4.39 Å². The first kappa shape index (κ1) is 10.7. The Labute approximate surface area is 96.8 Å². The second-order valence-corrected chi connectivity index (χ2v) is 4.72. The number of aromatic nitrogens is 1. The molecule has 0 aliphatic rings. The van der Waals surface area contributed by atoms with Crippen LogP contribution >= 0.6 is 15.9 Å². The first-order valence-corrected chi connectivity index (χ1v) is 5.88. The predicted molar refractivity (Wildman–Crippen MR) is 64.7 cm³/mol. The van der Waals surface area contributed by atoms with E-state index < -0.39 is 0 Å². The molecule has 1 unspecified atom stereocenters. The molecule has 3 heteroatoms. The summed E-state index contributed by atoms with van der Waals surface area (Å²) in [6, 6.07) is 3.08. The maximum atomic E-state index is 13.3. The molecule has 1 aromatic carbocycles. The smallest absolute Gasteiger partial charge is 0.125 e. The Bertz CT molecular complexity index is 490. The number of hydrogen-bond donors (Lipinski definition) is 1. The summed E-state index contributed by atoms with van der Waals surface area (Å²) in [5.74, 6) is 0.256. The highest BCUT2D eigenvalue weighted by atomic mass is 79.9. The van der Waals surface area contributed by atoms with E-state index in [1.807, 2.05) is 6.20 Å². The van der Waals surface area contributed by atoms with Gasteiger partial charge in [0.25, 0.3) is 0 Å². The van der Waals surface area contributed by atoms with Crippen molar-refractivity contribution in [3.8, 4) is 0 Å². The van der Waals surface area contributed by atoms with Crippen LogP contribution in [0.4, 0.5) is 4.39 Å². The summed E-state index contributed by atoms with van der Waals surface area (Å²) in [4.78, 5) is 3.19.